The highest BCUT2D eigenvalue weighted by atomic mass is 35.5. The average Bonchev–Trinajstić information content (AvgIpc) is 2.75. The molecule has 0 saturated carbocycles. The molecular formula is C13H10ClNOS. The summed E-state index contributed by atoms with van der Waals surface area (Å²) in [5, 5.41) is 3.58. The Hall–Kier alpha value is -1.32. The Labute approximate surface area is 108 Å². The summed E-state index contributed by atoms with van der Waals surface area (Å²) >= 11 is 7.68. The van der Waals surface area contributed by atoms with Crippen molar-refractivity contribution in [3.63, 3.8) is 0 Å². The maximum atomic E-state index is 11.7. The first-order valence-electron chi connectivity index (χ1n) is 5.41. The van der Waals surface area contributed by atoms with Crippen LogP contribution in [0.3, 0.4) is 0 Å². The lowest BCUT2D eigenvalue weighted by Crippen LogP contribution is -2.30. The van der Waals surface area contributed by atoms with Gasteiger partial charge in [0.2, 0.25) is 0 Å². The van der Waals surface area contributed by atoms with Crippen LogP contribution in [0.5, 0.6) is 0 Å². The quantitative estimate of drug-likeness (QED) is 0.840. The Morgan fingerprint density at radius 3 is 2.88 bits per heavy atom. The first-order valence-corrected chi connectivity index (χ1v) is 6.61. The van der Waals surface area contributed by atoms with Gasteiger partial charge in [0, 0.05) is 22.0 Å². The number of carbonyl (C=O) groups excluding carboxylic acids is 1. The fraction of sp³-hybridized carbons (Fsp3) is 0.154. The highest BCUT2D eigenvalue weighted by Crippen LogP contribution is 2.36. The monoisotopic (exact) mass is 263 g/mol. The Morgan fingerprint density at radius 2 is 2.12 bits per heavy atom. The van der Waals surface area contributed by atoms with Crippen LogP contribution >= 0.6 is 22.9 Å². The molecule has 0 bridgehead atoms. The fourth-order valence-electron chi connectivity index (χ4n) is 1.99. The summed E-state index contributed by atoms with van der Waals surface area (Å²) in [6.45, 7) is 0.727. The summed E-state index contributed by atoms with van der Waals surface area (Å²) in [6.07, 6.45) is 0.905. The van der Waals surface area contributed by atoms with E-state index in [-0.39, 0.29) is 5.91 Å². The molecule has 1 amide bonds. The van der Waals surface area contributed by atoms with E-state index in [1.807, 2.05) is 24.3 Å². The molecule has 1 aliphatic rings. The summed E-state index contributed by atoms with van der Waals surface area (Å²) in [6, 6.07) is 9.80. The van der Waals surface area contributed by atoms with Gasteiger partial charge in [-0.05, 0) is 24.1 Å². The van der Waals surface area contributed by atoms with Crippen molar-refractivity contribution in [3.8, 4) is 10.4 Å². The van der Waals surface area contributed by atoms with Gasteiger partial charge >= 0.3 is 0 Å². The van der Waals surface area contributed by atoms with E-state index in [1.165, 1.54) is 11.3 Å². The second-order valence-corrected chi connectivity index (χ2v) is 5.41. The lowest BCUT2D eigenvalue weighted by atomic mass is 10.1. The zero-order valence-electron chi connectivity index (χ0n) is 9.00. The lowest BCUT2D eigenvalue weighted by Gasteiger charge is -2.10. The Morgan fingerprint density at radius 1 is 1.29 bits per heavy atom. The predicted molar refractivity (Wildman–Crippen MR) is 70.8 cm³/mol. The van der Waals surface area contributed by atoms with Crippen LogP contribution in [0.15, 0.2) is 30.3 Å². The minimum atomic E-state index is 0.0366. The maximum Gasteiger partial charge on any atom is 0.261 e. The van der Waals surface area contributed by atoms with E-state index >= 15 is 0 Å². The summed E-state index contributed by atoms with van der Waals surface area (Å²) in [7, 11) is 0. The van der Waals surface area contributed by atoms with Crippen LogP contribution in [0.2, 0.25) is 5.02 Å². The largest absolute Gasteiger partial charge is 0.351 e. The van der Waals surface area contributed by atoms with Crippen molar-refractivity contribution in [2.45, 2.75) is 6.42 Å². The average molecular weight is 264 g/mol. The molecule has 3 rings (SSSR count). The fourth-order valence-corrected chi connectivity index (χ4v) is 3.45. The molecule has 4 heteroatoms. The van der Waals surface area contributed by atoms with Gasteiger partial charge in [0.1, 0.15) is 0 Å². The molecule has 2 nitrogen and oxygen atoms in total. The van der Waals surface area contributed by atoms with Crippen LogP contribution in [0.4, 0.5) is 0 Å². The molecule has 86 valence electrons. The number of halogens is 1. The Bertz CT molecular complexity index is 591. The SMILES string of the molecule is O=C1NCCc2cc(-c3ccccc3Cl)sc21. The zero-order chi connectivity index (χ0) is 11.8. The van der Waals surface area contributed by atoms with Crippen molar-refractivity contribution in [1.29, 1.82) is 0 Å². The van der Waals surface area contributed by atoms with Crippen LogP contribution in [-0.4, -0.2) is 12.5 Å². The first-order chi connectivity index (χ1) is 8.25. The number of benzene rings is 1. The van der Waals surface area contributed by atoms with Gasteiger partial charge in [-0.25, -0.2) is 0 Å². The molecule has 0 aliphatic carbocycles. The third-order valence-corrected chi connectivity index (χ3v) is 4.37. The van der Waals surface area contributed by atoms with Gasteiger partial charge in [0.15, 0.2) is 0 Å². The third kappa shape index (κ3) is 1.85. The lowest BCUT2D eigenvalue weighted by molar-refractivity contribution is 0.0950. The second-order valence-electron chi connectivity index (χ2n) is 3.95. The van der Waals surface area contributed by atoms with Gasteiger partial charge in [-0.1, -0.05) is 29.8 Å². The van der Waals surface area contributed by atoms with Crippen LogP contribution in [-0.2, 0) is 6.42 Å². The standard InChI is InChI=1S/C13H10ClNOS/c14-10-4-2-1-3-9(10)11-7-8-5-6-15-13(16)12(8)17-11/h1-4,7H,5-6H2,(H,15,16). The summed E-state index contributed by atoms with van der Waals surface area (Å²) < 4.78 is 0. The number of hydrogen-bond donors (Lipinski definition) is 1. The molecule has 0 unspecified atom stereocenters. The molecule has 1 aliphatic heterocycles. The predicted octanol–water partition coefficient (Wildman–Crippen LogP) is 3.35. The maximum absolute atomic E-state index is 11.7. The minimum absolute atomic E-state index is 0.0366. The van der Waals surface area contributed by atoms with Crippen molar-refractivity contribution in [2.75, 3.05) is 6.54 Å². The summed E-state index contributed by atoms with van der Waals surface area (Å²) in [5.74, 6) is 0.0366. The number of nitrogens with one attached hydrogen (secondary N) is 1. The molecule has 1 aromatic carbocycles. The molecule has 0 atom stereocenters. The van der Waals surface area contributed by atoms with Gasteiger partial charge < -0.3 is 5.32 Å². The van der Waals surface area contributed by atoms with Crippen LogP contribution < -0.4 is 5.32 Å². The molecule has 2 aromatic rings. The Kier molecular flexibility index (Phi) is 2.65. The molecule has 0 spiro atoms. The molecule has 1 N–H and O–H groups in total. The van der Waals surface area contributed by atoms with E-state index in [2.05, 4.69) is 11.4 Å². The van der Waals surface area contributed by atoms with Gasteiger partial charge in [0.25, 0.3) is 5.91 Å². The Balaban J connectivity index is 2.11. The highest BCUT2D eigenvalue weighted by Gasteiger charge is 2.21. The summed E-state index contributed by atoms with van der Waals surface area (Å²) in [4.78, 5) is 13.6. The minimum Gasteiger partial charge on any atom is -0.351 e. The molecule has 1 aromatic heterocycles. The van der Waals surface area contributed by atoms with Crippen molar-refractivity contribution in [2.24, 2.45) is 0 Å². The third-order valence-electron chi connectivity index (χ3n) is 2.83. The zero-order valence-corrected chi connectivity index (χ0v) is 10.6. The number of fused-ring (bicyclic) bond motifs is 1. The van der Waals surface area contributed by atoms with Crippen molar-refractivity contribution in [1.82, 2.24) is 5.32 Å². The van der Waals surface area contributed by atoms with E-state index in [9.17, 15) is 4.79 Å². The van der Waals surface area contributed by atoms with E-state index < -0.39 is 0 Å². The van der Waals surface area contributed by atoms with Gasteiger partial charge in [-0.15, -0.1) is 11.3 Å². The van der Waals surface area contributed by atoms with Gasteiger partial charge in [0.05, 0.1) is 4.88 Å². The number of amides is 1. The number of rotatable bonds is 1. The molecular weight excluding hydrogens is 254 g/mol. The van der Waals surface area contributed by atoms with E-state index in [0.29, 0.717) is 0 Å². The molecule has 2 heterocycles. The molecule has 17 heavy (non-hydrogen) atoms. The van der Waals surface area contributed by atoms with Gasteiger partial charge in [-0.3, -0.25) is 4.79 Å². The smallest absolute Gasteiger partial charge is 0.261 e. The van der Waals surface area contributed by atoms with E-state index in [1.54, 1.807) is 0 Å². The van der Waals surface area contributed by atoms with Crippen LogP contribution in [0.25, 0.3) is 10.4 Å². The number of carbonyl (C=O) groups is 1. The molecule has 0 saturated heterocycles. The van der Waals surface area contributed by atoms with Crippen molar-refractivity contribution in [3.05, 3.63) is 45.8 Å². The molecule has 0 radical (unpaired) electrons. The second kappa shape index (κ2) is 4.17. The van der Waals surface area contributed by atoms with Gasteiger partial charge in [-0.2, -0.15) is 0 Å². The highest BCUT2D eigenvalue weighted by molar-refractivity contribution is 7.17. The topological polar surface area (TPSA) is 29.1 Å². The van der Waals surface area contributed by atoms with Crippen molar-refractivity contribution < 1.29 is 4.79 Å². The van der Waals surface area contributed by atoms with E-state index in [0.717, 1.165) is 38.9 Å². The number of thiophene rings is 1. The number of hydrogen-bond acceptors (Lipinski definition) is 2. The first kappa shape index (κ1) is 10.8. The normalized spacial score (nSPS) is 14.3. The van der Waals surface area contributed by atoms with E-state index in [4.69, 9.17) is 11.6 Å². The van der Waals surface area contributed by atoms with Crippen molar-refractivity contribution >= 4 is 28.8 Å². The summed E-state index contributed by atoms with van der Waals surface area (Å²) in [5.41, 5.74) is 2.13. The van der Waals surface area contributed by atoms with Crippen LogP contribution in [0.1, 0.15) is 15.2 Å². The van der Waals surface area contributed by atoms with Crippen LogP contribution in [0, 0.1) is 0 Å². The molecule has 0 fully saturated rings.